The Bertz CT molecular complexity index is 1270. The van der Waals surface area contributed by atoms with Crippen molar-refractivity contribution in [1.29, 1.82) is 0 Å². The Hall–Kier alpha value is -3.65. The predicted molar refractivity (Wildman–Crippen MR) is 120 cm³/mol. The lowest BCUT2D eigenvalue weighted by Crippen LogP contribution is -2.30. The van der Waals surface area contributed by atoms with Gasteiger partial charge in [0.05, 0.1) is 11.4 Å². The predicted octanol–water partition coefficient (Wildman–Crippen LogP) is 4.05. The lowest BCUT2D eigenvalue weighted by molar-refractivity contribution is -0.122. The van der Waals surface area contributed by atoms with Crippen LogP contribution >= 0.6 is 11.3 Å². The van der Waals surface area contributed by atoms with Gasteiger partial charge in [0.15, 0.2) is 11.1 Å². The normalized spacial score (nSPS) is 11.8. The second-order valence-corrected chi connectivity index (χ2v) is 7.76. The average Bonchev–Trinajstić information content (AvgIpc) is 3.15. The van der Waals surface area contributed by atoms with Crippen LogP contribution in [0.25, 0.3) is 4.96 Å². The van der Waals surface area contributed by atoms with Crippen LogP contribution in [0.4, 0.5) is 5.69 Å². The van der Waals surface area contributed by atoms with E-state index in [1.54, 1.807) is 41.7 Å². The van der Waals surface area contributed by atoms with Gasteiger partial charge in [0.1, 0.15) is 18.1 Å². The number of aryl methyl sites for hydroxylation is 1. The summed E-state index contributed by atoms with van der Waals surface area (Å²) >= 11 is 1.40. The summed E-state index contributed by atoms with van der Waals surface area (Å²) in [6.45, 7) is 3.65. The molecule has 8 heteroatoms. The molecule has 0 fully saturated rings. The number of para-hydroxylation sites is 3. The molecule has 0 aliphatic heterocycles. The summed E-state index contributed by atoms with van der Waals surface area (Å²) in [4.78, 5) is 30.0. The summed E-state index contributed by atoms with van der Waals surface area (Å²) in [5, 5.41) is 4.72. The van der Waals surface area contributed by atoms with Crippen LogP contribution in [-0.4, -0.2) is 21.4 Å². The van der Waals surface area contributed by atoms with Crippen molar-refractivity contribution in [2.24, 2.45) is 0 Å². The van der Waals surface area contributed by atoms with Crippen LogP contribution in [0.1, 0.15) is 18.3 Å². The number of hydrogen-bond donors (Lipinski definition) is 1. The minimum Gasteiger partial charge on any atom is -0.485 e. The third kappa shape index (κ3) is 4.75. The van der Waals surface area contributed by atoms with Crippen molar-refractivity contribution in [2.45, 2.75) is 26.6 Å². The maximum atomic E-state index is 12.6. The fraction of sp³-hybridized carbons (Fsp3) is 0.174. The topological polar surface area (TPSA) is 81.9 Å². The van der Waals surface area contributed by atoms with Gasteiger partial charge in [-0.1, -0.05) is 30.3 Å². The minimum absolute atomic E-state index is 0.103. The first-order chi connectivity index (χ1) is 15.0. The Labute approximate surface area is 182 Å². The molecule has 31 heavy (non-hydrogen) atoms. The summed E-state index contributed by atoms with van der Waals surface area (Å²) in [7, 11) is 0. The third-order valence-corrected chi connectivity index (χ3v) is 5.52. The smallest absolute Gasteiger partial charge is 0.265 e. The van der Waals surface area contributed by atoms with E-state index in [2.05, 4.69) is 10.3 Å². The van der Waals surface area contributed by atoms with E-state index in [1.165, 1.54) is 17.4 Å². The molecule has 1 atom stereocenters. The third-order valence-electron chi connectivity index (χ3n) is 4.57. The Balaban J connectivity index is 1.45. The first-order valence-corrected chi connectivity index (χ1v) is 10.6. The standard InChI is InChI=1S/C23H21N3O4S/c1-15-14-31-23-24-17(12-21(27)26(15)23)13-29-20-11-7-6-10-19(20)25-22(28)16(2)30-18-8-4-3-5-9-18/h3-12,14,16H,13H2,1-2H3,(H,25,28). The number of anilines is 1. The Morgan fingerprint density at radius 1 is 1.16 bits per heavy atom. The molecule has 0 saturated heterocycles. The number of thiazole rings is 1. The summed E-state index contributed by atoms with van der Waals surface area (Å²) in [5.74, 6) is 0.796. The highest BCUT2D eigenvalue weighted by Gasteiger charge is 2.17. The molecule has 4 rings (SSSR count). The van der Waals surface area contributed by atoms with Crippen LogP contribution in [-0.2, 0) is 11.4 Å². The molecule has 1 amide bonds. The Morgan fingerprint density at radius 2 is 1.90 bits per heavy atom. The number of hydrogen-bond acceptors (Lipinski definition) is 6. The van der Waals surface area contributed by atoms with Gasteiger partial charge in [-0.25, -0.2) is 4.98 Å². The molecule has 0 saturated carbocycles. The number of carbonyl (C=O) groups is 1. The zero-order valence-corrected chi connectivity index (χ0v) is 17.9. The molecule has 0 radical (unpaired) electrons. The Morgan fingerprint density at radius 3 is 2.71 bits per heavy atom. The number of nitrogens with zero attached hydrogens (tertiary/aromatic N) is 2. The maximum Gasteiger partial charge on any atom is 0.265 e. The molecule has 0 spiro atoms. The monoisotopic (exact) mass is 435 g/mol. The summed E-state index contributed by atoms with van der Waals surface area (Å²) in [6.07, 6.45) is -0.693. The first-order valence-electron chi connectivity index (χ1n) is 9.72. The van der Waals surface area contributed by atoms with Crippen molar-refractivity contribution in [3.63, 3.8) is 0 Å². The molecular weight excluding hydrogens is 414 g/mol. The molecule has 2 aromatic carbocycles. The molecular formula is C23H21N3O4S. The van der Waals surface area contributed by atoms with Gasteiger partial charge in [-0.2, -0.15) is 0 Å². The lowest BCUT2D eigenvalue weighted by atomic mass is 10.2. The number of fused-ring (bicyclic) bond motifs is 1. The Kier molecular flexibility index (Phi) is 5.99. The van der Waals surface area contributed by atoms with Crippen molar-refractivity contribution in [1.82, 2.24) is 9.38 Å². The summed E-state index contributed by atoms with van der Waals surface area (Å²) < 4.78 is 13.1. The van der Waals surface area contributed by atoms with E-state index in [4.69, 9.17) is 9.47 Å². The zero-order valence-electron chi connectivity index (χ0n) is 17.1. The molecule has 0 aliphatic carbocycles. The quantitative estimate of drug-likeness (QED) is 0.474. The molecule has 7 nitrogen and oxygen atoms in total. The highest BCUT2D eigenvalue weighted by atomic mass is 32.1. The second kappa shape index (κ2) is 9.01. The van der Waals surface area contributed by atoms with Gasteiger partial charge in [-0.3, -0.25) is 14.0 Å². The SMILES string of the molecule is Cc1csc2nc(COc3ccccc3NC(=O)C(C)Oc3ccccc3)cc(=O)n12. The first kappa shape index (κ1) is 20.6. The number of benzene rings is 2. The van der Waals surface area contributed by atoms with Gasteiger partial charge in [0.25, 0.3) is 11.5 Å². The molecule has 158 valence electrons. The van der Waals surface area contributed by atoms with Crippen molar-refractivity contribution < 1.29 is 14.3 Å². The van der Waals surface area contributed by atoms with Gasteiger partial charge in [0, 0.05) is 17.1 Å². The van der Waals surface area contributed by atoms with E-state index in [0.29, 0.717) is 27.8 Å². The number of rotatable bonds is 7. The molecule has 2 heterocycles. The van der Waals surface area contributed by atoms with Crippen molar-refractivity contribution >= 4 is 27.9 Å². The van der Waals surface area contributed by atoms with E-state index in [-0.39, 0.29) is 18.1 Å². The summed E-state index contributed by atoms with van der Waals surface area (Å²) in [5.41, 5.74) is 1.75. The fourth-order valence-electron chi connectivity index (χ4n) is 3.01. The van der Waals surface area contributed by atoms with Crippen molar-refractivity contribution in [3.05, 3.63) is 87.8 Å². The number of nitrogens with one attached hydrogen (secondary N) is 1. The number of ether oxygens (including phenoxy) is 2. The van der Waals surface area contributed by atoms with E-state index in [0.717, 1.165) is 5.69 Å². The minimum atomic E-state index is -0.693. The van der Waals surface area contributed by atoms with E-state index >= 15 is 0 Å². The molecule has 2 aromatic heterocycles. The second-order valence-electron chi connectivity index (χ2n) is 6.93. The molecule has 1 N–H and O–H groups in total. The highest BCUT2D eigenvalue weighted by molar-refractivity contribution is 7.15. The largest absolute Gasteiger partial charge is 0.485 e. The lowest BCUT2D eigenvalue weighted by Gasteiger charge is -2.16. The molecule has 0 bridgehead atoms. The van der Waals surface area contributed by atoms with Crippen LogP contribution in [0.5, 0.6) is 11.5 Å². The van der Waals surface area contributed by atoms with Crippen LogP contribution in [0.3, 0.4) is 0 Å². The van der Waals surface area contributed by atoms with Crippen LogP contribution in [0.15, 0.2) is 70.8 Å². The highest BCUT2D eigenvalue weighted by Crippen LogP contribution is 2.25. The van der Waals surface area contributed by atoms with Crippen LogP contribution in [0.2, 0.25) is 0 Å². The zero-order chi connectivity index (χ0) is 21.8. The van der Waals surface area contributed by atoms with Crippen molar-refractivity contribution in [3.8, 4) is 11.5 Å². The maximum absolute atomic E-state index is 12.6. The number of aromatic nitrogens is 2. The average molecular weight is 436 g/mol. The van der Waals surface area contributed by atoms with Crippen LogP contribution < -0.4 is 20.3 Å². The fourth-order valence-corrected chi connectivity index (χ4v) is 3.90. The molecule has 4 aromatic rings. The van der Waals surface area contributed by atoms with Gasteiger partial charge < -0.3 is 14.8 Å². The van der Waals surface area contributed by atoms with Crippen LogP contribution in [0, 0.1) is 6.92 Å². The van der Waals surface area contributed by atoms with Gasteiger partial charge >= 0.3 is 0 Å². The summed E-state index contributed by atoms with van der Waals surface area (Å²) in [6, 6.07) is 17.7. The van der Waals surface area contributed by atoms with Crippen molar-refractivity contribution in [2.75, 3.05) is 5.32 Å². The number of carbonyl (C=O) groups excluding carboxylic acids is 1. The molecule has 1 unspecified atom stereocenters. The van der Waals surface area contributed by atoms with Gasteiger partial charge in [-0.15, -0.1) is 11.3 Å². The van der Waals surface area contributed by atoms with E-state index in [1.807, 2.05) is 36.6 Å². The molecule has 0 aliphatic rings. The van der Waals surface area contributed by atoms with Gasteiger partial charge in [-0.05, 0) is 38.1 Å². The van der Waals surface area contributed by atoms with Gasteiger partial charge in [0.2, 0.25) is 0 Å². The van der Waals surface area contributed by atoms with E-state index in [9.17, 15) is 9.59 Å². The number of amides is 1. The van der Waals surface area contributed by atoms with E-state index < -0.39 is 6.10 Å².